The highest BCUT2D eigenvalue weighted by atomic mass is 32.2. The molecule has 1 unspecified atom stereocenters. The zero-order valence-electron chi connectivity index (χ0n) is 14.8. The number of nitrogens with two attached hydrogens (primary N) is 1. The largest absolute Gasteiger partial charge is 0.394 e. The number of hydrogen-bond donors (Lipinski definition) is 2. The van der Waals surface area contributed by atoms with E-state index >= 15 is 0 Å². The number of halogens is 2. The lowest BCUT2D eigenvalue weighted by atomic mass is 10.1. The van der Waals surface area contributed by atoms with Gasteiger partial charge in [0.2, 0.25) is 0 Å². The molecule has 0 aromatic heterocycles. The second-order valence-electron chi connectivity index (χ2n) is 6.44. The first-order chi connectivity index (χ1) is 13.3. The highest BCUT2D eigenvalue weighted by Crippen LogP contribution is 2.26. The van der Waals surface area contributed by atoms with Crippen LogP contribution in [-0.2, 0) is 15.6 Å². The molecule has 1 atom stereocenters. The highest BCUT2D eigenvalue weighted by molar-refractivity contribution is 7.90. The lowest BCUT2D eigenvalue weighted by Gasteiger charge is -2.11. The predicted octanol–water partition coefficient (Wildman–Crippen LogP) is 3.60. The fraction of sp³-hybridized carbons (Fsp3) is 0.143. The molecule has 146 valence electrons. The Labute approximate surface area is 162 Å². The molecular formula is C21H19F2NO3S. The topological polar surface area (TPSA) is 80.4 Å². The van der Waals surface area contributed by atoms with Gasteiger partial charge in [0, 0.05) is 11.6 Å². The summed E-state index contributed by atoms with van der Waals surface area (Å²) in [7, 11) is -3.64. The molecule has 3 aromatic rings. The van der Waals surface area contributed by atoms with Gasteiger partial charge in [-0.25, -0.2) is 17.2 Å². The fourth-order valence-electron chi connectivity index (χ4n) is 2.89. The van der Waals surface area contributed by atoms with Crippen LogP contribution in [0.2, 0.25) is 0 Å². The van der Waals surface area contributed by atoms with Crippen molar-refractivity contribution in [3.8, 4) is 11.1 Å². The lowest BCUT2D eigenvalue weighted by Crippen LogP contribution is -2.15. The van der Waals surface area contributed by atoms with E-state index in [0.29, 0.717) is 16.7 Å². The fourth-order valence-corrected chi connectivity index (χ4v) is 4.22. The molecule has 0 aliphatic rings. The molecule has 7 heteroatoms. The lowest BCUT2D eigenvalue weighted by molar-refractivity contribution is 0.268. The van der Waals surface area contributed by atoms with E-state index in [4.69, 9.17) is 10.8 Å². The summed E-state index contributed by atoms with van der Waals surface area (Å²) in [4.78, 5) is 0.0932. The number of rotatable bonds is 6. The number of aliphatic hydroxyl groups is 1. The highest BCUT2D eigenvalue weighted by Gasteiger charge is 2.17. The van der Waals surface area contributed by atoms with Crippen molar-refractivity contribution in [2.45, 2.75) is 16.7 Å². The maximum absolute atomic E-state index is 13.9. The summed E-state index contributed by atoms with van der Waals surface area (Å²) in [5, 5.41) is 9.15. The van der Waals surface area contributed by atoms with Crippen LogP contribution in [0.5, 0.6) is 0 Å². The Morgan fingerprint density at radius 2 is 1.68 bits per heavy atom. The van der Waals surface area contributed by atoms with Crippen LogP contribution in [0.25, 0.3) is 11.1 Å². The Bertz CT molecular complexity index is 1080. The minimum atomic E-state index is -3.64. The van der Waals surface area contributed by atoms with Gasteiger partial charge in [0.15, 0.2) is 9.84 Å². The standard InChI is InChI=1S/C21H19F2NO3S/c22-17-6-9-19(20(23)11-17)15-4-7-18(8-5-15)28(26,27)13-14-2-1-3-16(10-14)21(24)12-25/h1-11,21,25H,12-13,24H2. The van der Waals surface area contributed by atoms with E-state index in [2.05, 4.69) is 0 Å². The number of hydrogen-bond acceptors (Lipinski definition) is 4. The Morgan fingerprint density at radius 3 is 2.32 bits per heavy atom. The van der Waals surface area contributed by atoms with E-state index in [1.54, 1.807) is 24.3 Å². The predicted molar refractivity (Wildman–Crippen MR) is 103 cm³/mol. The van der Waals surface area contributed by atoms with Crippen molar-refractivity contribution in [2.24, 2.45) is 5.73 Å². The van der Waals surface area contributed by atoms with Crippen molar-refractivity contribution in [2.75, 3.05) is 6.61 Å². The van der Waals surface area contributed by atoms with Crippen molar-refractivity contribution in [1.82, 2.24) is 0 Å². The van der Waals surface area contributed by atoms with Crippen molar-refractivity contribution >= 4 is 9.84 Å². The van der Waals surface area contributed by atoms with Crippen molar-refractivity contribution in [3.63, 3.8) is 0 Å². The Hall–Kier alpha value is -2.61. The third-order valence-corrected chi connectivity index (χ3v) is 6.09. The van der Waals surface area contributed by atoms with Gasteiger partial charge in [-0.05, 0) is 41.0 Å². The minimum absolute atomic E-state index is 0.0932. The van der Waals surface area contributed by atoms with E-state index in [9.17, 15) is 17.2 Å². The zero-order chi connectivity index (χ0) is 20.3. The van der Waals surface area contributed by atoms with Gasteiger partial charge >= 0.3 is 0 Å². The molecule has 0 heterocycles. The van der Waals surface area contributed by atoms with E-state index in [1.807, 2.05) is 0 Å². The first kappa shape index (κ1) is 20.1. The first-order valence-electron chi connectivity index (χ1n) is 8.53. The van der Waals surface area contributed by atoms with Gasteiger partial charge in [-0.15, -0.1) is 0 Å². The van der Waals surface area contributed by atoms with Crippen molar-refractivity contribution in [1.29, 1.82) is 0 Å². The molecule has 0 saturated heterocycles. The molecule has 0 amide bonds. The number of sulfone groups is 1. The van der Waals surface area contributed by atoms with Crippen molar-refractivity contribution in [3.05, 3.63) is 89.5 Å². The molecular weight excluding hydrogens is 384 g/mol. The van der Waals surface area contributed by atoms with E-state index < -0.39 is 27.5 Å². The quantitative estimate of drug-likeness (QED) is 0.659. The summed E-state index contributed by atoms with van der Waals surface area (Å²) in [5.74, 6) is -1.63. The number of aliphatic hydroxyl groups excluding tert-OH is 1. The molecule has 0 saturated carbocycles. The minimum Gasteiger partial charge on any atom is -0.394 e. The SMILES string of the molecule is NC(CO)c1cccc(CS(=O)(=O)c2ccc(-c3ccc(F)cc3F)cc2)c1. The molecule has 3 N–H and O–H groups in total. The van der Waals surface area contributed by atoms with Gasteiger partial charge in [0.1, 0.15) is 11.6 Å². The van der Waals surface area contributed by atoms with Gasteiger partial charge in [0.25, 0.3) is 0 Å². The summed E-state index contributed by atoms with van der Waals surface area (Å²) >= 11 is 0. The van der Waals surface area contributed by atoms with Crippen molar-refractivity contribution < 1.29 is 22.3 Å². The normalized spacial score (nSPS) is 12.7. The first-order valence-corrected chi connectivity index (χ1v) is 10.2. The molecule has 0 aliphatic heterocycles. The maximum atomic E-state index is 13.9. The average Bonchev–Trinajstić information content (AvgIpc) is 2.67. The van der Waals surface area contributed by atoms with Crippen LogP contribution in [-0.4, -0.2) is 20.1 Å². The number of benzene rings is 3. The molecule has 0 fully saturated rings. The average molecular weight is 403 g/mol. The molecule has 28 heavy (non-hydrogen) atoms. The Balaban J connectivity index is 1.85. The van der Waals surface area contributed by atoms with E-state index in [-0.39, 0.29) is 22.8 Å². The van der Waals surface area contributed by atoms with Crippen LogP contribution in [0, 0.1) is 11.6 Å². The summed E-state index contributed by atoms with van der Waals surface area (Å²) in [6, 6.07) is 15.2. The van der Waals surface area contributed by atoms with Gasteiger partial charge in [-0.3, -0.25) is 0 Å². The second-order valence-corrected chi connectivity index (χ2v) is 8.43. The summed E-state index contributed by atoms with van der Waals surface area (Å²) < 4.78 is 52.4. The summed E-state index contributed by atoms with van der Waals surface area (Å²) in [5.41, 5.74) is 7.62. The molecule has 0 bridgehead atoms. The van der Waals surface area contributed by atoms with Gasteiger partial charge < -0.3 is 10.8 Å². The van der Waals surface area contributed by atoms with Gasteiger partial charge in [0.05, 0.1) is 23.3 Å². The Morgan fingerprint density at radius 1 is 0.964 bits per heavy atom. The van der Waals surface area contributed by atoms with Crippen LogP contribution in [0.15, 0.2) is 71.6 Å². The maximum Gasteiger partial charge on any atom is 0.182 e. The molecule has 4 nitrogen and oxygen atoms in total. The molecule has 3 rings (SSSR count). The van der Waals surface area contributed by atoms with Crippen LogP contribution in [0.4, 0.5) is 8.78 Å². The van der Waals surface area contributed by atoms with Crippen LogP contribution in [0.1, 0.15) is 17.2 Å². The van der Waals surface area contributed by atoms with E-state index in [0.717, 1.165) is 12.1 Å². The van der Waals surface area contributed by atoms with Gasteiger partial charge in [-0.2, -0.15) is 0 Å². The smallest absolute Gasteiger partial charge is 0.182 e. The molecule has 0 radical (unpaired) electrons. The third-order valence-electron chi connectivity index (χ3n) is 4.39. The zero-order valence-corrected chi connectivity index (χ0v) is 15.7. The van der Waals surface area contributed by atoms with Crippen LogP contribution < -0.4 is 5.73 Å². The monoisotopic (exact) mass is 403 g/mol. The summed E-state index contributed by atoms with van der Waals surface area (Å²) in [6.07, 6.45) is 0. The van der Waals surface area contributed by atoms with E-state index in [1.165, 1.54) is 30.3 Å². The molecule has 3 aromatic carbocycles. The Kier molecular flexibility index (Phi) is 5.88. The third kappa shape index (κ3) is 4.44. The van der Waals surface area contributed by atoms with Crippen LogP contribution >= 0.6 is 0 Å². The van der Waals surface area contributed by atoms with Gasteiger partial charge in [-0.1, -0.05) is 36.4 Å². The molecule has 0 spiro atoms. The molecule has 0 aliphatic carbocycles. The summed E-state index contributed by atoms with van der Waals surface area (Å²) in [6.45, 7) is -0.238. The second kappa shape index (κ2) is 8.18. The van der Waals surface area contributed by atoms with Crippen LogP contribution in [0.3, 0.4) is 0 Å².